The van der Waals surface area contributed by atoms with Crippen LogP contribution < -0.4 is 0 Å². The Morgan fingerprint density at radius 1 is 1.15 bits per heavy atom. The number of hydrogen-bond donors (Lipinski definition) is 0. The molecular weight excluding hydrogens is 248 g/mol. The standard InChI is InChI=1S/C17H24N2O/c1-15(2)17(20)19-13-11-18(12-14-19)10-6-9-16-7-4-3-5-8-16/h3-9,15H,10-14H2,1-2H3/b9-6+. The minimum atomic E-state index is 0.111. The van der Waals surface area contributed by atoms with Crippen LogP contribution in [-0.2, 0) is 4.79 Å². The summed E-state index contributed by atoms with van der Waals surface area (Å²) in [6, 6.07) is 10.3. The third-order valence-corrected chi connectivity index (χ3v) is 3.65. The molecule has 0 N–H and O–H groups in total. The first-order chi connectivity index (χ1) is 9.66. The minimum Gasteiger partial charge on any atom is -0.340 e. The number of amides is 1. The Labute approximate surface area is 121 Å². The lowest BCUT2D eigenvalue weighted by atomic mass is 10.1. The van der Waals surface area contributed by atoms with Crippen LogP contribution in [0.4, 0.5) is 0 Å². The van der Waals surface area contributed by atoms with E-state index in [1.807, 2.05) is 24.8 Å². The molecule has 0 unspecified atom stereocenters. The topological polar surface area (TPSA) is 23.6 Å². The van der Waals surface area contributed by atoms with Crippen molar-refractivity contribution in [3.05, 3.63) is 42.0 Å². The van der Waals surface area contributed by atoms with Gasteiger partial charge in [-0.3, -0.25) is 9.69 Å². The molecule has 3 nitrogen and oxygen atoms in total. The zero-order valence-corrected chi connectivity index (χ0v) is 12.5. The maximum absolute atomic E-state index is 11.9. The second kappa shape index (κ2) is 7.25. The zero-order valence-electron chi connectivity index (χ0n) is 12.5. The summed E-state index contributed by atoms with van der Waals surface area (Å²) < 4.78 is 0. The van der Waals surface area contributed by atoms with Gasteiger partial charge >= 0.3 is 0 Å². The van der Waals surface area contributed by atoms with Gasteiger partial charge in [-0.1, -0.05) is 56.3 Å². The van der Waals surface area contributed by atoms with Gasteiger partial charge in [0.2, 0.25) is 5.91 Å². The van der Waals surface area contributed by atoms with E-state index in [9.17, 15) is 4.79 Å². The molecule has 1 aromatic carbocycles. The van der Waals surface area contributed by atoms with E-state index < -0.39 is 0 Å². The molecule has 1 amide bonds. The van der Waals surface area contributed by atoms with Crippen molar-refractivity contribution < 1.29 is 4.79 Å². The zero-order chi connectivity index (χ0) is 14.4. The summed E-state index contributed by atoms with van der Waals surface area (Å²) in [4.78, 5) is 16.3. The minimum absolute atomic E-state index is 0.111. The summed E-state index contributed by atoms with van der Waals surface area (Å²) in [6.07, 6.45) is 4.36. The smallest absolute Gasteiger partial charge is 0.225 e. The van der Waals surface area contributed by atoms with Crippen LogP contribution in [0.25, 0.3) is 6.08 Å². The number of nitrogens with zero attached hydrogens (tertiary/aromatic N) is 2. The second-order valence-corrected chi connectivity index (χ2v) is 5.59. The Bertz CT molecular complexity index is 445. The molecule has 0 aliphatic carbocycles. The lowest BCUT2D eigenvalue weighted by Crippen LogP contribution is -2.49. The van der Waals surface area contributed by atoms with E-state index in [-0.39, 0.29) is 11.8 Å². The summed E-state index contributed by atoms with van der Waals surface area (Å²) in [5.74, 6) is 0.393. The van der Waals surface area contributed by atoms with E-state index in [4.69, 9.17) is 0 Å². The van der Waals surface area contributed by atoms with Crippen molar-refractivity contribution in [2.45, 2.75) is 13.8 Å². The summed E-state index contributed by atoms with van der Waals surface area (Å²) in [6.45, 7) is 8.55. The Balaban J connectivity index is 1.75. The molecule has 3 heteroatoms. The van der Waals surface area contributed by atoms with Gasteiger partial charge in [0.1, 0.15) is 0 Å². The Morgan fingerprint density at radius 2 is 1.80 bits per heavy atom. The van der Waals surface area contributed by atoms with Gasteiger partial charge in [-0.05, 0) is 5.56 Å². The fraction of sp³-hybridized carbons (Fsp3) is 0.471. The number of carbonyl (C=O) groups is 1. The highest BCUT2D eigenvalue weighted by atomic mass is 16.2. The molecule has 1 aliphatic rings. The highest BCUT2D eigenvalue weighted by molar-refractivity contribution is 5.78. The molecule has 0 atom stereocenters. The lowest BCUT2D eigenvalue weighted by molar-refractivity contribution is -0.136. The van der Waals surface area contributed by atoms with Gasteiger partial charge < -0.3 is 4.90 Å². The van der Waals surface area contributed by atoms with Crippen molar-refractivity contribution in [2.24, 2.45) is 5.92 Å². The van der Waals surface area contributed by atoms with E-state index in [0.717, 1.165) is 32.7 Å². The van der Waals surface area contributed by atoms with Crippen molar-refractivity contribution in [2.75, 3.05) is 32.7 Å². The van der Waals surface area contributed by atoms with Crippen LogP contribution in [0, 0.1) is 5.92 Å². The van der Waals surface area contributed by atoms with Crippen LogP contribution in [0.2, 0.25) is 0 Å². The van der Waals surface area contributed by atoms with E-state index in [2.05, 4.69) is 41.3 Å². The number of hydrogen-bond acceptors (Lipinski definition) is 2. The van der Waals surface area contributed by atoms with Crippen molar-refractivity contribution in [3.63, 3.8) is 0 Å². The second-order valence-electron chi connectivity index (χ2n) is 5.59. The van der Waals surface area contributed by atoms with E-state index in [1.165, 1.54) is 5.56 Å². The third-order valence-electron chi connectivity index (χ3n) is 3.65. The summed E-state index contributed by atoms with van der Waals surface area (Å²) in [7, 11) is 0. The predicted molar refractivity (Wildman–Crippen MR) is 83.3 cm³/mol. The van der Waals surface area contributed by atoms with Gasteiger partial charge in [-0.2, -0.15) is 0 Å². The Hall–Kier alpha value is -1.61. The SMILES string of the molecule is CC(C)C(=O)N1CCN(C/C=C/c2ccccc2)CC1. The first-order valence-electron chi connectivity index (χ1n) is 7.39. The molecule has 0 saturated carbocycles. The largest absolute Gasteiger partial charge is 0.340 e. The Kier molecular flexibility index (Phi) is 5.36. The highest BCUT2D eigenvalue weighted by Gasteiger charge is 2.21. The van der Waals surface area contributed by atoms with Crippen molar-refractivity contribution in [3.8, 4) is 0 Å². The van der Waals surface area contributed by atoms with Crippen LogP contribution in [0.3, 0.4) is 0 Å². The van der Waals surface area contributed by atoms with Crippen molar-refractivity contribution in [1.82, 2.24) is 9.80 Å². The van der Waals surface area contributed by atoms with Gasteiger partial charge in [-0.25, -0.2) is 0 Å². The number of piperazine rings is 1. The third kappa shape index (κ3) is 4.20. The van der Waals surface area contributed by atoms with Gasteiger partial charge in [-0.15, -0.1) is 0 Å². The van der Waals surface area contributed by atoms with Gasteiger partial charge in [0.15, 0.2) is 0 Å². The first kappa shape index (κ1) is 14.8. The average molecular weight is 272 g/mol. The first-order valence-corrected chi connectivity index (χ1v) is 7.39. The molecule has 1 aliphatic heterocycles. The fourth-order valence-corrected chi connectivity index (χ4v) is 2.42. The molecule has 0 aromatic heterocycles. The van der Waals surface area contributed by atoms with Crippen LogP contribution in [-0.4, -0.2) is 48.4 Å². The molecule has 0 spiro atoms. The van der Waals surface area contributed by atoms with Crippen LogP contribution in [0.5, 0.6) is 0 Å². The molecule has 1 fully saturated rings. The van der Waals surface area contributed by atoms with Gasteiger partial charge in [0.05, 0.1) is 0 Å². The highest BCUT2D eigenvalue weighted by Crippen LogP contribution is 2.07. The predicted octanol–water partition coefficient (Wildman–Crippen LogP) is 2.50. The maximum Gasteiger partial charge on any atom is 0.225 e. The summed E-state index contributed by atoms with van der Waals surface area (Å²) in [5.41, 5.74) is 1.24. The molecule has 2 rings (SSSR count). The van der Waals surface area contributed by atoms with Crippen LogP contribution >= 0.6 is 0 Å². The molecule has 1 saturated heterocycles. The van der Waals surface area contributed by atoms with E-state index in [0.29, 0.717) is 0 Å². The average Bonchev–Trinajstić information content (AvgIpc) is 2.48. The number of carbonyl (C=O) groups excluding carboxylic acids is 1. The molecule has 20 heavy (non-hydrogen) atoms. The normalized spacial score (nSPS) is 17.1. The van der Waals surface area contributed by atoms with E-state index >= 15 is 0 Å². The molecule has 1 heterocycles. The number of benzene rings is 1. The van der Waals surface area contributed by atoms with Crippen LogP contribution in [0.1, 0.15) is 19.4 Å². The van der Waals surface area contributed by atoms with Gasteiger partial charge in [0, 0.05) is 38.6 Å². The molecule has 1 aromatic rings. The summed E-state index contributed by atoms with van der Waals surface area (Å²) >= 11 is 0. The number of rotatable bonds is 4. The quantitative estimate of drug-likeness (QED) is 0.841. The van der Waals surface area contributed by atoms with Crippen molar-refractivity contribution >= 4 is 12.0 Å². The Morgan fingerprint density at radius 3 is 2.40 bits per heavy atom. The van der Waals surface area contributed by atoms with Gasteiger partial charge in [0.25, 0.3) is 0 Å². The summed E-state index contributed by atoms with van der Waals surface area (Å²) in [5, 5.41) is 0. The van der Waals surface area contributed by atoms with Crippen molar-refractivity contribution in [1.29, 1.82) is 0 Å². The van der Waals surface area contributed by atoms with E-state index in [1.54, 1.807) is 0 Å². The lowest BCUT2D eigenvalue weighted by Gasteiger charge is -2.35. The molecular formula is C17H24N2O. The van der Waals surface area contributed by atoms with Crippen LogP contribution in [0.15, 0.2) is 36.4 Å². The molecule has 108 valence electrons. The fourth-order valence-electron chi connectivity index (χ4n) is 2.42. The monoisotopic (exact) mass is 272 g/mol. The maximum atomic E-state index is 11.9. The molecule has 0 bridgehead atoms. The molecule has 0 radical (unpaired) electrons.